The van der Waals surface area contributed by atoms with E-state index in [1.54, 1.807) is 6.92 Å². The minimum absolute atomic E-state index is 0.326. The first-order chi connectivity index (χ1) is 4.10. The van der Waals surface area contributed by atoms with Gasteiger partial charge in [0.05, 0.1) is 12.7 Å². The fourth-order valence-corrected chi connectivity index (χ4v) is 1.01. The van der Waals surface area contributed by atoms with Crippen LogP contribution in [0.1, 0.15) is 19.8 Å². The molecule has 1 aliphatic heterocycles. The summed E-state index contributed by atoms with van der Waals surface area (Å²) >= 11 is 0. The lowest BCUT2D eigenvalue weighted by atomic mass is 10.1. The zero-order valence-electron chi connectivity index (χ0n) is 5.50. The molecule has 0 bridgehead atoms. The van der Waals surface area contributed by atoms with Gasteiger partial charge < -0.3 is 14.9 Å². The summed E-state index contributed by atoms with van der Waals surface area (Å²) in [6.45, 7) is 2.02. The number of aliphatic hydroxyl groups excluding tert-OH is 1. The van der Waals surface area contributed by atoms with Crippen LogP contribution in [0.3, 0.4) is 0 Å². The van der Waals surface area contributed by atoms with Crippen LogP contribution in [0.15, 0.2) is 0 Å². The van der Waals surface area contributed by atoms with Crippen molar-refractivity contribution >= 4 is 0 Å². The Hall–Kier alpha value is -0.120. The van der Waals surface area contributed by atoms with Gasteiger partial charge in [0.2, 0.25) is 0 Å². The predicted octanol–water partition coefficient (Wildman–Crippen LogP) is -0.134. The van der Waals surface area contributed by atoms with E-state index >= 15 is 0 Å². The molecule has 0 aromatic carbocycles. The SMILES string of the molecule is C[C@@]1(O)C[C@H](O)CCO1. The average Bonchev–Trinajstić information content (AvgIpc) is 1.60. The van der Waals surface area contributed by atoms with Gasteiger partial charge in [0.1, 0.15) is 0 Å². The van der Waals surface area contributed by atoms with Crippen LogP contribution in [-0.2, 0) is 4.74 Å². The molecule has 9 heavy (non-hydrogen) atoms. The van der Waals surface area contributed by atoms with Gasteiger partial charge in [0.15, 0.2) is 5.79 Å². The second-order valence-corrected chi connectivity index (χ2v) is 2.67. The number of hydrogen-bond acceptors (Lipinski definition) is 3. The molecule has 0 aromatic rings. The third-order valence-electron chi connectivity index (χ3n) is 1.48. The van der Waals surface area contributed by atoms with Gasteiger partial charge in [0, 0.05) is 6.42 Å². The highest BCUT2D eigenvalue weighted by molar-refractivity contribution is 4.71. The Kier molecular flexibility index (Phi) is 1.75. The van der Waals surface area contributed by atoms with E-state index in [1.165, 1.54) is 0 Å². The van der Waals surface area contributed by atoms with Gasteiger partial charge in [-0.05, 0) is 13.3 Å². The maximum Gasteiger partial charge on any atom is 0.165 e. The lowest BCUT2D eigenvalue weighted by molar-refractivity contribution is -0.231. The summed E-state index contributed by atoms with van der Waals surface area (Å²) in [6, 6.07) is 0. The van der Waals surface area contributed by atoms with Crippen LogP contribution in [0.4, 0.5) is 0 Å². The summed E-state index contributed by atoms with van der Waals surface area (Å²) in [5.74, 6) is -1.10. The molecule has 2 atom stereocenters. The van der Waals surface area contributed by atoms with E-state index < -0.39 is 11.9 Å². The molecule has 1 heterocycles. The number of hydrogen-bond donors (Lipinski definition) is 2. The van der Waals surface area contributed by atoms with Crippen molar-refractivity contribution in [2.45, 2.75) is 31.7 Å². The van der Waals surface area contributed by atoms with Crippen LogP contribution in [0.25, 0.3) is 0 Å². The Morgan fingerprint density at radius 1 is 1.67 bits per heavy atom. The molecule has 1 aliphatic rings. The molecular weight excluding hydrogens is 120 g/mol. The summed E-state index contributed by atoms with van der Waals surface area (Å²) in [5, 5.41) is 18.2. The van der Waals surface area contributed by atoms with Crippen molar-refractivity contribution in [3.8, 4) is 0 Å². The second kappa shape index (κ2) is 2.25. The molecule has 54 valence electrons. The fraction of sp³-hybridized carbons (Fsp3) is 1.00. The van der Waals surface area contributed by atoms with Gasteiger partial charge in [-0.2, -0.15) is 0 Å². The van der Waals surface area contributed by atoms with Gasteiger partial charge in [-0.1, -0.05) is 0 Å². The summed E-state index contributed by atoms with van der Waals surface area (Å²) < 4.78 is 4.93. The van der Waals surface area contributed by atoms with E-state index in [-0.39, 0.29) is 0 Å². The largest absolute Gasteiger partial charge is 0.393 e. The highest BCUT2D eigenvalue weighted by atomic mass is 16.6. The normalized spacial score (nSPS) is 45.0. The third kappa shape index (κ3) is 1.93. The maximum absolute atomic E-state index is 9.16. The van der Waals surface area contributed by atoms with E-state index in [4.69, 9.17) is 14.9 Å². The molecule has 0 aliphatic carbocycles. The minimum Gasteiger partial charge on any atom is -0.393 e. The Labute approximate surface area is 54.3 Å². The maximum atomic E-state index is 9.16. The van der Waals surface area contributed by atoms with Crippen molar-refractivity contribution < 1.29 is 14.9 Å². The molecule has 0 amide bonds. The lowest BCUT2D eigenvalue weighted by Crippen LogP contribution is -2.38. The quantitative estimate of drug-likeness (QED) is 0.482. The standard InChI is InChI=1S/C6H12O3/c1-6(8)4-5(7)2-3-9-6/h5,7-8H,2-4H2,1H3/t5-,6+/m1/s1. The molecule has 3 heteroatoms. The highest BCUT2D eigenvalue weighted by Crippen LogP contribution is 2.20. The van der Waals surface area contributed by atoms with Crippen LogP contribution in [0.2, 0.25) is 0 Å². The molecule has 2 N–H and O–H groups in total. The monoisotopic (exact) mass is 132 g/mol. The molecule has 1 saturated heterocycles. The summed E-state index contributed by atoms with van der Waals surface area (Å²) in [6.07, 6.45) is 0.567. The van der Waals surface area contributed by atoms with Crippen molar-refractivity contribution in [2.75, 3.05) is 6.61 Å². The van der Waals surface area contributed by atoms with Crippen LogP contribution < -0.4 is 0 Å². The van der Waals surface area contributed by atoms with E-state index in [0.717, 1.165) is 0 Å². The van der Waals surface area contributed by atoms with Crippen LogP contribution in [0.5, 0.6) is 0 Å². The number of ether oxygens (including phenoxy) is 1. The molecule has 3 nitrogen and oxygen atoms in total. The molecule has 0 radical (unpaired) electrons. The molecule has 0 unspecified atom stereocenters. The van der Waals surface area contributed by atoms with Crippen molar-refractivity contribution in [3.63, 3.8) is 0 Å². The topological polar surface area (TPSA) is 49.7 Å². The molecule has 0 spiro atoms. The Bertz CT molecular complexity index is 100. The molecule has 0 aromatic heterocycles. The number of rotatable bonds is 0. The average molecular weight is 132 g/mol. The summed E-state index contributed by atoms with van der Waals surface area (Å²) in [5.41, 5.74) is 0. The van der Waals surface area contributed by atoms with Gasteiger partial charge in [-0.3, -0.25) is 0 Å². The Morgan fingerprint density at radius 3 is 2.67 bits per heavy atom. The first-order valence-corrected chi connectivity index (χ1v) is 3.14. The smallest absolute Gasteiger partial charge is 0.165 e. The minimum atomic E-state index is -1.10. The fourth-order valence-electron chi connectivity index (χ4n) is 1.01. The van der Waals surface area contributed by atoms with Crippen molar-refractivity contribution in [2.24, 2.45) is 0 Å². The van der Waals surface area contributed by atoms with E-state index in [1.807, 2.05) is 0 Å². The van der Waals surface area contributed by atoms with E-state index in [2.05, 4.69) is 0 Å². The zero-order valence-corrected chi connectivity index (χ0v) is 5.50. The zero-order chi connectivity index (χ0) is 6.91. The first kappa shape index (κ1) is 6.99. The molecule has 1 rings (SSSR count). The number of aliphatic hydroxyl groups is 2. The molecular formula is C6H12O3. The van der Waals surface area contributed by atoms with Crippen molar-refractivity contribution in [1.82, 2.24) is 0 Å². The van der Waals surface area contributed by atoms with Crippen molar-refractivity contribution in [1.29, 1.82) is 0 Å². The van der Waals surface area contributed by atoms with Gasteiger partial charge >= 0.3 is 0 Å². The second-order valence-electron chi connectivity index (χ2n) is 2.67. The third-order valence-corrected chi connectivity index (χ3v) is 1.48. The van der Waals surface area contributed by atoms with Crippen LogP contribution in [0, 0.1) is 0 Å². The molecule has 0 saturated carbocycles. The van der Waals surface area contributed by atoms with Gasteiger partial charge in [0.25, 0.3) is 0 Å². The van der Waals surface area contributed by atoms with Crippen molar-refractivity contribution in [3.05, 3.63) is 0 Å². The van der Waals surface area contributed by atoms with Crippen LogP contribution >= 0.6 is 0 Å². The summed E-state index contributed by atoms with van der Waals surface area (Å²) in [7, 11) is 0. The van der Waals surface area contributed by atoms with Gasteiger partial charge in [-0.15, -0.1) is 0 Å². The summed E-state index contributed by atoms with van der Waals surface area (Å²) in [4.78, 5) is 0. The Balaban J connectivity index is 2.41. The molecule has 1 fully saturated rings. The van der Waals surface area contributed by atoms with E-state index in [9.17, 15) is 0 Å². The van der Waals surface area contributed by atoms with Gasteiger partial charge in [-0.25, -0.2) is 0 Å². The van der Waals surface area contributed by atoms with E-state index in [0.29, 0.717) is 19.4 Å². The van der Waals surface area contributed by atoms with Crippen LogP contribution in [-0.4, -0.2) is 28.7 Å². The highest BCUT2D eigenvalue weighted by Gasteiger charge is 2.29. The lowest BCUT2D eigenvalue weighted by Gasteiger charge is -2.31. The first-order valence-electron chi connectivity index (χ1n) is 3.14. The predicted molar refractivity (Wildman–Crippen MR) is 31.8 cm³/mol. The Morgan fingerprint density at radius 2 is 2.33 bits per heavy atom.